The van der Waals surface area contributed by atoms with Crippen LogP contribution in [0.25, 0.3) is 11.1 Å². The first-order chi connectivity index (χ1) is 11.4. The van der Waals surface area contributed by atoms with Gasteiger partial charge in [-0.25, -0.2) is 9.37 Å². The highest BCUT2D eigenvalue weighted by atomic mass is 35.5. The lowest BCUT2D eigenvalue weighted by Crippen LogP contribution is -2.28. The molecule has 0 spiro atoms. The highest BCUT2D eigenvalue weighted by Gasteiger charge is 2.15. The molecule has 2 aromatic heterocycles. The second-order valence-corrected chi connectivity index (χ2v) is 5.75. The van der Waals surface area contributed by atoms with Crippen molar-refractivity contribution in [2.45, 2.75) is 20.4 Å². The van der Waals surface area contributed by atoms with Crippen LogP contribution in [0.3, 0.4) is 0 Å². The number of hydrogen-bond donors (Lipinski definition) is 1. The van der Waals surface area contributed by atoms with Gasteiger partial charge < -0.3 is 9.73 Å². The Kier molecular flexibility index (Phi) is 4.11. The second-order valence-electron chi connectivity index (χ2n) is 5.31. The molecule has 0 unspecified atom stereocenters. The number of carbonyl (C=O) groups excluding carboxylic acids is 1. The van der Waals surface area contributed by atoms with Gasteiger partial charge in [0.05, 0.1) is 5.69 Å². The number of amides is 1. The number of fused-ring (bicyclic) bond motifs is 1. The third kappa shape index (κ3) is 2.90. The summed E-state index contributed by atoms with van der Waals surface area (Å²) in [7, 11) is 0. The van der Waals surface area contributed by atoms with Gasteiger partial charge in [0.2, 0.25) is 11.6 Å². The number of furan rings is 1. The van der Waals surface area contributed by atoms with Crippen LogP contribution in [0.1, 0.15) is 11.3 Å². The van der Waals surface area contributed by atoms with Gasteiger partial charge in [-0.2, -0.15) is 0 Å². The molecule has 0 aliphatic heterocycles. The van der Waals surface area contributed by atoms with Crippen LogP contribution in [-0.2, 0) is 11.3 Å². The molecule has 0 radical (unpaired) electrons. The van der Waals surface area contributed by atoms with Crippen molar-refractivity contribution in [3.63, 3.8) is 0 Å². The van der Waals surface area contributed by atoms with Gasteiger partial charge in [-0.05, 0) is 32.0 Å². The number of rotatable bonds is 3. The van der Waals surface area contributed by atoms with Gasteiger partial charge in [-0.3, -0.25) is 14.2 Å². The van der Waals surface area contributed by atoms with E-state index in [1.807, 2.05) is 0 Å². The Hall–Kier alpha value is -2.67. The summed E-state index contributed by atoms with van der Waals surface area (Å²) in [5.74, 6) is -0.615. The first-order valence-electron chi connectivity index (χ1n) is 7.07. The Balaban J connectivity index is 1.87. The molecule has 8 heteroatoms. The molecule has 6 nitrogen and oxygen atoms in total. The molecule has 1 N–H and O–H groups in total. The first kappa shape index (κ1) is 16.2. The van der Waals surface area contributed by atoms with E-state index >= 15 is 0 Å². The third-order valence-electron chi connectivity index (χ3n) is 3.67. The zero-order valence-electron chi connectivity index (χ0n) is 12.9. The van der Waals surface area contributed by atoms with Crippen molar-refractivity contribution >= 4 is 34.3 Å². The molecule has 2 heterocycles. The quantitative estimate of drug-likeness (QED) is 0.788. The fourth-order valence-corrected chi connectivity index (χ4v) is 2.48. The first-order valence-corrected chi connectivity index (χ1v) is 7.44. The number of aryl methyl sites for hydroxylation is 2. The summed E-state index contributed by atoms with van der Waals surface area (Å²) < 4.78 is 20.2. The Morgan fingerprint density at radius 1 is 1.42 bits per heavy atom. The molecular weight excluding hydrogens is 337 g/mol. The summed E-state index contributed by atoms with van der Waals surface area (Å²) in [5, 5.41) is 2.96. The lowest BCUT2D eigenvalue weighted by Gasteiger charge is -2.08. The number of carbonyl (C=O) groups is 1. The van der Waals surface area contributed by atoms with Crippen LogP contribution in [0, 0.1) is 19.7 Å². The normalized spacial score (nSPS) is 11.0. The average molecular weight is 350 g/mol. The van der Waals surface area contributed by atoms with E-state index in [9.17, 15) is 14.0 Å². The molecule has 0 saturated heterocycles. The van der Waals surface area contributed by atoms with Crippen molar-refractivity contribution in [3.05, 3.63) is 57.0 Å². The van der Waals surface area contributed by atoms with E-state index in [2.05, 4.69) is 10.3 Å². The Labute approximate surface area is 140 Å². The van der Waals surface area contributed by atoms with Crippen LogP contribution in [0.2, 0.25) is 5.02 Å². The molecule has 0 saturated carbocycles. The lowest BCUT2D eigenvalue weighted by atomic mass is 10.2. The number of anilines is 1. The zero-order chi connectivity index (χ0) is 17.4. The molecule has 1 amide bonds. The number of halogens is 2. The minimum absolute atomic E-state index is 0.0122. The Bertz CT molecular complexity index is 1010. The average Bonchev–Trinajstić information content (AvgIpc) is 2.81. The van der Waals surface area contributed by atoms with E-state index < -0.39 is 11.7 Å². The third-order valence-corrected chi connectivity index (χ3v) is 3.91. The lowest BCUT2D eigenvalue weighted by molar-refractivity contribution is -0.116. The number of nitrogens with one attached hydrogen (secondary N) is 1. The Morgan fingerprint density at radius 2 is 2.17 bits per heavy atom. The highest BCUT2D eigenvalue weighted by molar-refractivity contribution is 6.30. The molecule has 0 aliphatic carbocycles. The Morgan fingerprint density at radius 3 is 2.88 bits per heavy atom. The van der Waals surface area contributed by atoms with Gasteiger partial charge in [0, 0.05) is 10.6 Å². The fourth-order valence-electron chi connectivity index (χ4n) is 2.32. The van der Waals surface area contributed by atoms with Gasteiger partial charge in [0.15, 0.2) is 0 Å². The standard InChI is InChI=1S/C16H13ClFN3O3/c1-8-9(2)24-15-14(8)16(23)21(7-19-15)6-13(22)20-12-4-3-10(17)5-11(12)18/h3-5,7H,6H2,1-2H3,(H,20,22). The van der Waals surface area contributed by atoms with Crippen molar-refractivity contribution in [1.82, 2.24) is 9.55 Å². The van der Waals surface area contributed by atoms with Crippen molar-refractivity contribution in [2.75, 3.05) is 5.32 Å². The summed E-state index contributed by atoms with van der Waals surface area (Å²) >= 11 is 5.66. The van der Waals surface area contributed by atoms with Crippen LogP contribution in [-0.4, -0.2) is 15.5 Å². The van der Waals surface area contributed by atoms with Gasteiger partial charge in [0.25, 0.3) is 5.56 Å². The maximum atomic E-state index is 13.7. The molecule has 3 rings (SSSR count). The van der Waals surface area contributed by atoms with Crippen LogP contribution in [0.4, 0.5) is 10.1 Å². The number of nitrogens with zero attached hydrogens (tertiary/aromatic N) is 2. The maximum absolute atomic E-state index is 13.7. The maximum Gasteiger partial charge on any atom is 0.265 e. The van der Waals surface area contributed by atoms with Gasteiger partial charge in [-0.1, -0.05) is 11.6 Å². The van der Waals surface area contributed by atoms with Crippen molar-refractivity contribution in [1.29, 1.82) is 0 Å². The summed E-state index contributed by atoms with van der Waals surface area (Å²) in [5.41, 5.74) is 0.513. The van der Waals surface area contributed by atoms with Gasteiger partial charge in [-0.15, -0.1) is 0 Å². The summed E-state index contributed by atoms with van der Waals surface area (Å²) in [6, 6.07) is 3.90. The molecule has 0 atom stereocenters. The molecule has 3 aromatic rings. The molecule has 124 valence electrons. The highest BCUT2D eigenvalue weighted by Crippen LogP contribution is 2.20. The second kappa shape index (κ2) is 6.09. The summed E-state index contributed by atoms with van der Waals surface area (Å²) in [4.78, 5) is 28.6. The van der Waals surface area contributed by atoms with E-state index in [1.165, 1.54) is 18.5 Å². The molecule has 0 aliphatic rings. The SMILES string of the molecule is Cc1oc2ncn(CC(=O)Nc3ccc(Cl)cc3F)c(=O)c2c1C. The molecule has 24 heavy (non-hydrogen) atoms. The number of benzene rings is 1. The van der Waals surface area contributed by atoms with E-state index in [0.29, 0.717) is 16.7 Å². The van der Waals surface area contributed by atoms with Crippen LogP contribution in [0.5, 0.6) is 0 Å². The van der Waals surface area contributed by atoms with E-state index in [0.717, 1.165) is 10.6 Å². The minimum atomic E-state index is -0.655. The van der Waals surface area contributed by atoms with Gasteiger partial charge in [0.1, 0.15) is 29.8 Å². The van der Waals surface area contributed by atoms with Crippen molar-refractivity contribution in [2.24, 2.45) is 0 Å². The van der Waals surface area contributed by atoms with Gasteiger partial charge >= 0.3 is 0 Å². The van der Waals surface area contributed by atoms with E-state index in [-0.39, 0.29) is 28.5 Å². The smallest absolute Gasteiger partial charge is 0.265 e. The topological polar surface area (TPSA) is 77.1 Å². The van der Waals surface area contributed by atoms with Crippen LogP contribution < -0.4 is 10.9 Å². The van der Waals surface area contributed by atoms with Crippen LogP contribution in [0.15, 0.2) is 33.7 Å². The summed E-state index contributed by atoms with van der Waals surface area (Å²) in [6.45, 7) is 3.18. The zero-order valence-corrected chi connectivity index (χ0v) is 13.6. The molecular formula is C16H13ClFN3O3. The predicted molar refractivity (Wildman–Crippen MR) is 87.8 cm³/mol. The van der Waals surface area contributed by atoms with Crippen molar-refractivity contribution < 1.29 is 13.6 Å². The predicted octanol–water partition coefficient (Wildman–Crippen LogP) is 3.04. The monoisotopic (exact) mass is 349 g/mol. The minimum Gasteiger partial charge on any atom is -0.443 e. The summed E-state index contributed by atoms with van der Waals surface area (Å²) in [6.07, 6.45) is 1.23. The van der Waals surface area contributed by atoms with Crippen LogP contribution >= 0.6 is 11.6 Å². The van der Waals surface area contributed by atoms with Crippen molar-refractivity contribution in [3.8, 4) is 0 Å². The fraction of sp³-hybridized carbons (Fsp3) is 0.188. The molecule has 0 bridgehead atoms. The molecule has 0 fully saturated rings. The van der Waals surface area contributed by atoms with E-state index in [4.69, 9.17) is 16.0 Å². The molecule has 1 aromatic carbocycles. The largest absolute Gasteiger partial charge is 0.443 e. The number of aromatic nitrogens is 2. The number of hydrogen-bond acceptors (Lipinski definition) is 4. The van der Waals surface area contributed by atoms with E-state index in [1.54, 1.807) is 13.8 Å².